The molecule has 1 N–H and O–H groups in total. The van der Waals surface area contributed by atoms with E-state index in [1.165, 1.54) is 6.92 Å². The molecule has 0 aliphatic carbocycles. The Morgan fingerprint density at radius 2 is 1.88 bits per heavy atom. The van der Waals surface area contributed by atoms with Gasteiger partial charge in [-0.25, -0.2) is 0 Å². The second-order valence-electron chi connectivity index (χ2n) is 3.46. The van der Waals surface area contributed by atoms with Crippen LogP contribution in [0.3, 0.4) is 0 Å². The molecule has 0 saturated heterocycles. The summed E-state index contributed by atoms with van der Waals surface area (Å²) in [5.41, 5.74) is 1.73. The van der Waals surface area contributed by atoms with Gasteiger partial charge in [0.2, 0.25) is 5.91 Å². The number of nitrogens with one attached hydrogen (secondary N) is 1. The fourth-order valence-corrected chi connectivity index (χ4v) is 1.24. The van der Waals surface area contributed by atoms with Crippen LogP contribution in [0, 0.1) is 0 Å². The van der Waals surface area contributed by atoms with E-state index in [0.717, 1.165) is 18.3 Å². The van der Waals surface area contributed by atoms with Gasteiger partial charge in [0.25, 0.3) is 0 Å². The number of benzene rings is 1. The molecule has 0 unspecified atom stereocenters. The first-order valence-electron chi connectivity index (χ1n) is 5.18. The summed E-state index contributed by atoms with van der Waals surface area (Å²) >= 11 is 0. The van der Waals surface area contributed by atoms with Crippen LogP contribution in [0.4, 0.5) is 0 Å². The van der Waals surface area contributed by atoms with E-state index in [-0.39, 0.29) is 5.91 Å². The van der Waals surface area contributed by atoms with Crippen LogP contribution < -0.4 is 5.32 Å². The van der Waals surface area contributed by atoms with E-state index >= 15 is 0 Å². The van der Waals surface area contributed by atoms with Gasteiger partial charge in [0.15, 0.2) is 0 Å². The first kappa shape index (κ1) is 12.2. The average Bonchev–Trinajstić information content (AvgIpc) is 2.29. The van der Waals surface area contributed by atoms with E-state index in [1.54, 1.807) is 12.1 Å². The highest BCUT2D eigenvalue weighted by atomic mass is 16.1. The van der Waals surface area contributed by atoms with Crippen molar-refractivity contribution in [2.24, 2.45) is 0 Å². The van der Waals surface area contributed by atoms with Gasteiger partial charge in [-0.3, -0.25) is 9.59 Å². The molecule has 0 radical (unpaired) electrons. The molecule has 3 nitrogen and oxygen atoms in total. The number of carbonyl (C=O) groups excluding carboxylic acids is 2. The Bertz CT molecular complexity index is 379. The number of carbonyl (C=O) groups is 2. The molecular formula is C13H15NO2. The molecule has 84 valence electrons. The van der Waals surface area contributed by atoms with Gasteiger partial charge in [0.05, 0.1) is 0 Å². The summed E-state index contributed by atoms with van der Waals surface area (Å²) in [7, 11) is 0. The lowest BCUT2D eigenvalue weighted by Crippen LogP contribution is -2.20. The number of hydrogen-bond acceptors (Lipinski definition) is 2. The van der Waals surface area contributed by atoms with Crippen molar-refractivity contribution in [3.63, 3.8) is 0 Å². The molecule has 0 spiro atoms. The van der Waals surface area contributed by atoms with Gasteiger partial charge in [-0.05, 0) is 12.0 Å². The Kier molecular flexibility index (Phi) is 4.99. The monoisotopic (exact) mass is 217 g/mol. The van der Waals surface area contributed by atoms with Gasteiger partial charge in [0.1, 0.15) is 6.29 Å². The van der Waals surface area contributed by atoms with E-state index in [1.807, 2.05) is 24.3 Å². The molecule has 1 rings (SSSR count). The molecule has 0 bridgehead atoms. The summed E-state index contributed by atoms with van der Waals surface area (Å²) < 4.78 is 0. The summed E-state index contributed by atoms with van der Waals surface area (Å²) in [5, 5.41) is 2.71. The van der Waals surface area contributed by atoms with Gasteiger partial charge < -0.3 is 5.32 Å². The van der Waals surface area contributed by atoms with Gasteiger partial charge in [-0.2, -0.15) is 0 Å². The second kappa shape index (κ2) is 6.56. The van der Waals surface area contributed by atoms with Gasteiger partial charge in [-0.15, -0.1) is 0 Å². The van der Waals surface area contributed by atoms with E-state index < -0.39 is 0 Å². The van der Waals surface area contributed by atoms with Crippen LogP contribution in [0.15, 0.2) is 30.3 Å². The van der Waals surface area contributed by atoms with Gasteiger partial charge >= 0.3 is 0 Å². The van der Waals surface area contributed by atoms with Crippen molar-refractivity contribution < 1.29 is 9.59 Å². The van der Waals surface area contributed by atoms with Crippen molar-refractivity contribution in [2.75, 3.05) is 6.54 Å². The molecule has 1 amide bonds. The second-order valence-corrected chi connectivity index (χ2v) is 3.46. The maximum absolute atomic E-state index is 10.6. The number of aldehydes is 1. The third-order valence-corrected chi connectivity index (χ3v) is 2.07. The molecule has 3 heteroatoms. The third-order valence-electron chi connectivity index (χ3n) is 2.07. The summed E-state index contributed by atoms with van der Waals surface area (Å²) in [6, 6.07) is 7.33. The molecule has 0 aromatic heterocycles. The van der Waals surface area contributed by atoms with Crippen molar-refractivity contribution in [3.8, 4) is 0 Å². The van der Waals surface area contributed by atoms with Crippen LogP contribution in [-0.4, -0.2) is 18.7 Å². The highest BCUT2D eigenvalue weighted by Gasteiger charge is 1.90. The Morgan fingerprint density at radius 1 is 1.25 bits per heavy atom. The van der Waals surface area contributed by atoms with Crippen LogP contribution in [0.2, 0.25) is 0 Å². The molecule has 1 aromatic carbocycles. The molecule has 1 aromatic rings. The molecule has 0 heterocycles. The number of hydrogen-bond donors (Lipinski definition) is 1. The SMILES string of the molecule is CC(=O)NCCC=Cc1ccc(C=O)cc1. The minimum atomic E-state index is -0.0104. The fraction of sp³-hybridized carbons (Fsp3) is 0.231. The van der Waals surface area contributed by atoms with Crippen LogP contribution in [0.1, 0.15) is 29.3 Å². The maximum Gasteiger partial charge on any atom is 0.216 e. The van der Waals surface area contributed by atoms with Crippen molar-refractivity contribution in [1.29, 1.82) is 0 Å². The fourth-order valence-electron chi connectivity index (χ4n) is 1.24. The van der Waals surface area contributed by atoms with Crippen LogP contribution >= 0.6 is 0 Å². The molecular weight excluding hydrogens is 202 g/mol. The first-order chi connectivity index (χ1) is 7.72. The van der Waals surface area contributed by atoms with E-state index in [4.69, 9.17) is 0 Å². The Morgan fingerprint density at radius 3 is 2.44 bits per heavy atom. The van der Waals surface area contributed by atoms with Crippen LogP contribution in [0.25, 0.3) is 6.08 Å². The summed E-state index contributed by atoms with van der Waals surface area (Å²) in [5.74, 6) is -0.0104. The summed E-state index contributed by atoms with van der Waals surface area (Å²) in [6.07, 6.45) is 5.58. The highest BCUT2D eigenvalue weighted by Crippen LogP contribution is 2.04. The lowest BCUT2D eigenvalue weighted by molar-refractivity contribution is -0.118. The minimum Gasteiger partial charge on any atom is -0.356 e. The Hall–Kier alpha value is -1.90. The first-order valence-corrected chi connectivity index (χ1v) is 5.18. The zero-order chi connectivity index (χ0) is 11.8. The molecule has 16 heavy (non-hydrogen) atoms. The van der Waals surface area contributed by atoms with Crippen LogP contribution in [0.5, 0.6) is 0 Å². The van der Waals surface area contributed by atoms with Crippen molar-refractivity contribution >= 4 is 18.3 Å². The normalized spacial score (nSPS) is 10.3. The molecule has 0 aliphatic heterocycles. The quantitative estimate of drug-likeness (QED) is 0.606. The van der Waals surface area contributed by atoms with Crippen molar-refractivity contribution in [3.05, 3.63) is 41.5 Å². The van der Waals surface area contributed by atoms with Gasteiger partial charge in [0, 0.05) is 19.0 Å². The van der Waals surface area contributed by atoms with Gasteiger partial charge in [-0.1, -0.05) is 36.4 Å². The highest BCUT2D eigenvalue weighted by molar-refractivity contribution is 5.75. The molecule has 0 fully saturated rings. The van der Waals surface area contributed by atoms with Crippen LogP contribution in [-0.2, 0) is 4.79 Å². The predicted molar refractivity (Wildman–Crippen MR) is 64.2 cm³/mol. The zero-order valence-electron chi connectivity index (χ0n) is 9.27. The topological polar surface area (TPSA) is 46.2 Å². The average molecular weight is 217 g/mol. The zero-order valence-corrected chi connectivity index (χ0v) is 9.27. The Balaban J connectivity index is 2.37. The molecule has 0 atom stereocenters. The standard InChI is InChI=1S/C13H15NO2/c1-11(16)14-9-3-2-4-12-5-7-13(10-15)8-6-12/h2,4-8,10H,3,9H2,1H3,(H,14,16). The largest absolute Gasteiger partial charge is 0.356 e. The van der Waals surface area contributed by atoms with E-state index in [2.05, 4.69) is 5.32 Å². The lowest BCUT2D eigenvalue weighted by Gasteiger charge is -1.97. The lowest BCUT2D eigenvalue weighted by atomic mass is 10.1. The van der Waals surface area contributed by atoms with Crippen molar-refractivity contribution in [1.82, 2.24) is 5.32 Å². The predicted octanol–water partition coefficient (Wildman–Crippen LogP) is 2.04. The smallest absolute Gasteiger partial charge is 0.216 e. The summed E-state index contributed by atoms with van der Waals surface area (Å²) in [6.45, 7) is 2.15. The maximum atomic E-state index is 10.6. The number of amides is 1. The molecule has 0 saturated carbocycles. The molecule has 0 aliphatic rings. The third kappa shape index (κ3) is 4.55. The van der Waals surface area contributed by atoms with Crippen molar-refractivity contribution in [2.45, 2.75) is 13.3 Å². The summed E-state index contributed by atoms with van der Waals surface area (Å²) in [4.78, 5) is 21.0. The van der Waals surface area contributed by atoms with E-state index in [0.29, 0.717) is 12.1 Å². The Labute approximate surface area is 95.2 Å². The van der Waals surface area contributed by atoms with E-state index in [9.17, 15) is 9.59 Å². The minimum absolute atomic E-state index is 0.0104. The number of rotatable bonds is 5.